The van der Waals surface area contributed by atoms with E-state index in [9.17, 15) is 9.18 Å². The number of amides is 1. The van der Waals surface area contributed by atoms with E-state index in [0.717, 1.165) is 38.8 Å². The van der Waals surface area contributed by atoms with Gasteiger partial charge in [-0.3, -0.25) is 4.79 Å². The fraction of sp³-hybridized carbons (Fsp3) is 0.632. The Hall–Kier alpha value is -1.58. The zero-order chi connectivity index (χ0) is 16.1. The highest BCUT2D eigenvalue weighted by Crippen LogP contribution is 2.26. The maximum atomic E-state index is 13.9. The van der Waals surface area contributed by atoms with Gasteiger partial charge in [-0.25, -0.2) is 4.39 Å². The minimum Gasteiger partial charge on any atom is -0.369 e. The number of nitrogens with one attached hydrogen (secondary N) is 1. The van der Waals surface area contributed by atoms with Gasteiger partial charge in [0.15, 0.2) is 0 Å². The average molecular weight is 318 g/mol. The molecule has 1 aliphatic carbocycles. The fourth-order valence-corrected chi connectivity index (χ4v) is 3.83. The van der Waals surface area contributed by atoms with Gasteiger partial charge >= 0.3 is 0 Å². The predicted molar refractivity (Wildman–Crippen MR) is 91.0 cm³/mol. The second-order valence-corrected chi connectivity index (χ2v) is 6.91. The molecule has 1 heterocycles. The standard InChI is InChI=1S/C19H27FN2O/c20-17-9-5-6-10-18(17)22-13-11-15(12-14-22)19(23)21-16-7-3-1-2-4-8-16/h5-6,9-10,15-16H,1-4,7-8,11-14H2,(H,21,23). The number of hydrogen-bond acceptors (Lipinski definition) is 2. The van der Waals surface area contributed by atoms with E-state index < -0.39 is 0 Å². The van der Waals surface area contributed by atoms with Crippen molar-refractivity contribution < 1.29 is 9.18 Å². The molecule has 2 aliphatic rings. The van der Waals surface area contributed by atoms with Crippen molar-refractivity contribution in [2.24, 2.45) is 5.92 Å². The van der Waals surface area contributed by atoms with Crippen LogP contribution in [0.4, 0.5) is 10.1 Å². The van der Waals surface area contributed by atoms with Gasteiger partial charge in [0.05, 0.1) is 5.69 Å². The topological polar surface area (TPSA) is 32.3 Å². The summed E-state index contributed by atoms with van der Waals surface area (Å²) in [6.45, 7) is 1.51. The van der Waals surface area contributed by atoms with Gasteiger partial charge in [0.1, 0.15) is 5.82 Å². The maximum absolute atomic E-state index is 13.9. The van der Waals surface area contributed by atoms with E-state index in [1.807, 2.05) is 12.1 Å². The Labute approximate surface area is 138 Å². The zero-order valence-corrected chi connectivity index (χ0v) is 13.8. The molecule has 0 atom stereocenters. The number of anilines is 1. The van der Waals surface area contributed by atoms with E-state index >= 15 is 0 Å². The summed E-state index contributed by atoms with van der Waals surface area (Å²) in [5, 5.41) is 3.26. The molecule has 23 heavy (non-hydrogen) atoms. The van der Waals surface area contributed by atoms with Crippen molar-refractivity contribution in [2.75, 3.05) is 18.0 Å². The van der Waals surface area contributed by atoms with E-state index in [4.69, 9.17) is 0 Å². The van der Waals surface area contributed by atoms with Crippen LogP contribution in [-0.2, 0) is 4.79 Å². The van der Waals surface area contributed by atoms with Crippen LogP contribution in [0.2, 0.25) is 0 Å². The van der Waals surface area contributed by atoms with Crippen molar-refractivity contribution in [3.05, 3.63) is 30.1 Å². The van der Waals surface area contributed by atoms with Crippen molar-refractivity contribution in [1.82, 2.24) is 5.32 Å². The lowest BCUT2D eigenvalue weighted by atomic mass is 9.94. The van der Waals surface area contributed by atoms with Crippen LogP contribution in [0.15, 0.2) is 24.3 Å². The molecule has 1 saturated heterocycles. The Morgan fingerprint density at radius 2 is 1.65 bits per heavy atom. The van der Waals surface area contributed by atoms with Crippen LogP contribution in [-0.4, -0.2) is 25.0 Å². The molecule has 0 unspecified atom stereocenters. The highest BCUT2D eigenvalue weighted by atomic mass is 19.1. The fourth-order valence-electron chi connectivity index (χ4n) is 3.83. The summed E-state index contributed by atoms with van der Waals surface area (Å²) in [4.78, 5) is 14.5. The Kier molecular flexibility index (Phi) is 5.52. The molecule has 1 saturated carbocycles. The molecule has 0 radical (unpaired) electrons. The van der Waals surface area contributed by atoms with Gasteiger partial charge in [-0.1, -0.05) is 37.8 Å². The minimum atomic E-state index is -0.172. The summed E-state index contributed by atoms with van der Waals surface area (Å²) in [6.07, 6.45) is 8.94. The second kappa shape index (κ2) is 7.80. The SMILES string of the molecule is O=C(NC1CCCCCC1)C1CCN(c2ccccc2F)CC1. The van der Waals surface area contributed by atoms with E-state index in [1.54, 1.807) is 6.07 Å². The zero-order valence-electron chi connectivity index (χ0n) is 13.8. The van der Waals surface area contributed by atoms with E-state index in [-0.39, 0.29) is 17.6 Å². The molecule has 0 bridgehead atoms. The van der Waals surface area contributed by atoms with Crippen LogP contribution in [0.1, 0.15) is 51.4 Å². The number of nitrogens with zero attached hydrogens (tertiary/aromatic N) is 1. The summed E-state index contributed by atoms with van der Waals surface area (Å²) < 4.78 is 13.9. The van der Waals surface area contributed by atoms with Crippen molar-refractivity contribution in [1.29, 1.82) is 0 Å². The van der Waals surface area contributed by atoms with Gasteiger partial charge in [-0.2, -0.15) is 0 Å². The minimum absolute atomic E-state index is 0.0845. The molecule has 3 nitrogen and oxygen atoms in total. The first-order chi connectivity index (χ1) is 11.2. The summed E-state index contributed by atoms with van der Waals surface area (Å²) in [6, 6.07) is 7.27. The number of rotatable bonds is 3. The molecule has 0 aromatic heterocycles. The molecular weight excluding hydrogens is 291 g/mol. The van der Waals surface area contributed by atoms with E-state index in [2.05, 4.69) is 10.2 Å². The third-order valence-electron chi connectivity index (χ3n) is 5.26. The summed E-state index contributed by atoms with van der Waals surface area (Å²) in [5.41, 5.74) is 0.662. The van der Waals surface area contributed by atoms with Gasteiger partial charge in [0.2, 0.25) is 5.91 Å². The average Bonchev–Trinajstić information content (AvgIpc) is 2.84. The Morgan fingerprint density at radius 1 is 1.00 bits per heavy atom. The van der Waals surface area contributed by atoms with Crippen molar-refractivity contribution in [2.45, 2.75) is 57.4 Å². The number of carbonyl (C=O) groups is 1. The lowest BCUT2D eigenvalue weighted by molar-refractivity contribution is -0.126. The molecule has 0 spiro atoms. The lowest BCUT2D eigenvalue weighted by Crippen LogP contribution is -2.44. The number of carbonyl (C=O) groups excluding carboxylic acids is 1. The Balaban J connectivity index is 1.50. The maximum Gasteiger partial charge on any atom is 0.223 e. The van der Waals surface area contributed by atoms with Crippen LogP contribution < -0.4 is 10.2 Å². The van der Waals surface area contributed by atoms with Gasteiger partial charge in [-0.05, 0) is 37.8 Å². The molecule has 1 aromatic carbocycles. The third kappa shape index (κ3) is 4.24. The third-order valence-corrected chi connectivity index (χ3v) is 5.26. The van der Waals surface area contributed by atoms with Gasteiger partial charge in [-0.15, -0.1) is 0 Å². The van der Waals surface area contributed by atoms with E-state index in [0.29, 0.717) is 11.7 Å². The molecular formula is C19H27FN2O. The number of hydrogen-bond donors (Lipinski definition) is 1. The van der Waals surface area contributed by atoms with Crippen molar-refractivity contribution >= 4 is 11.6 Å². The second-order valence-electron chi connectivity index (χ2n) is 6.91. The Morgan fingerprint density at radius 3 is 2.30 bits per heavy atom. The summed E-state index contributed by atoms with van der Waals surface area (Å²) >= 11 is 0. The molecule has 1 aliphatic heterocycles. The number of piperidine rings is 1. The molecule has 2 fully saturated rings. The van der Waals surface area contributed by atoms with Gasteiger partial charge in [0, 0.05) is 25.0 Å². The molecule has 126 valence electrons. The van der Waals surface area contributed by atoms with Gasteiger partial charge < -0.3 is 10.2 Å². The summed E-state index contributed by atoms with van der Waals surface area (Å²) in [7, 11) is 0. The molecule has 1 amide bonds. The van der Waals surface area contributed by atoms with Gasteiger partial charge in [0.25, 0.3) is 0 Å². The summed E-state index contributed by atoms with van der Waals surface area (Å²) in [5.74, 6) is 0.125. The first-order valence-corrected chi connectivity index (χ1v) is 9.04. The van der Waals surface area contributed by atoms with Crippen molar-refractivity contribution in [3.8, 4) is 0 Å². The Bertz CT molecular complexity index is 518. The highest BCUT2D eigenvalue weighted by Gasteiger charge is 2.27. The van der Waals surface area contributed by atoms with Crippen LogP contribution >= 0.6 is 0 Å². The van der Waals surface area contributed by atoms with E-state index in [1.165, 1.54) is 31.7 Å². The van der Waals surface area contributed by atoms with Crippen molar-refractivity contribution in [3.63, 3.8) is 0 Å². The van der Waals surface area contributed by atoms with Crippen LogP contribution in [0.5, 0.6) is 0 Å². The van der Waals surface area contributed by atoms with Crippen LogP contribution in [0.25, 0.3) is 0 Å². The first-order valence-electron chi connectivity index (χ1n) is 9.04. The molecule has 1 N–H and O–H groups in total. The quantitative estimate of drug-likeness (QED) is 0.858. The molecule has 3 rings (SSSR count). The number of para-hydroxylation sites is 1. The smallest absolute Gasteiger partial charge is 0.223 e. The largest absolute Gasteiger partial charge is 0.369 e. The molecule has 4 heteroatoms. The predicted octanol–water partition coefficient (Wildman–Crippen LogP) is 3.88. The first kappa shape index (κ1) is 16.3. The molecule has 1 aromatic rings. The van der Waals surface area contributed by atoms with Crippen LogP contribution in [0, 0.1) is 11.7 Å². The monoisotopic (exact) mass is 318 g/mol. The highest BCUT2D eigenvalue weighted by molar-refractivity contribution is 5.79. The number of benzene rings is 1. The van der Waals surface area contributed by atoms with Crippen LogP contribution in [0.3, 0.4) is 0 Å². The lowest BCUT2D eigenvalue weighted by Gasteiger charge is -2.33. The normalized spacial score (nSPS) is 21.0. The number of halogens is 1.